The molecule has 2 amide bonds. The second-order valence-electron chi connectivity index (χ2n) is 9.98. The summed E-state index contributed by atoms with van der Waals surface area (Å²) in [4.78, 5) is 28.7. The molecule has 218 valence electrons. The average Bonchev–Trinajstić information content (AvgIpc) is 3.47. The molecule has 4 rings (SSSR count). The number of hydrogen-bond donors (Lipinski definition) is 1. The van der Waals surface area contributed by atoms with Gasteiger partial charge < -0.3 is 15.0 Å². The maximum Gasteiger partial charge on any atom is 0.264 e. The van der Waals surface area contributed by atoms with Crippen molar-refractivity contribution in [3.8, 4) is 5.75 Å². The van der Waals surface area contributed by atoms with Crippen LogP contribution in [0.5, 0.6) is 5.75 Å². The number of methoxy groups -OCH3 is 1. The van der Waals surface area contributed by atoms with Crippen molar-refractivity contribution < 1.29 is 22.7 Å². The number of ether oxygens (including phenoxy) is 1. The molecule has 0 spiro atoms. The number of benzene rings is 3. The molecular weight excluding hydrogens is 585 g/mol. The molecular formula is C30H33Cl2N3O5S. The van der Waals surface area contributed by atoms with Gasteiger partial charge in [0, 0.05) is 22.6 Å². The summed E-state index contributed by atoms with van der Waals surface area (Å²) < 4.78 is 34.0. The number of hydrogen-bond acceptors (Lipinski definition) is 5. The molecule has 41 heavy (non-hydrogen) atoms. The van der Waals surface area contributed by atoms with Gasteiger partial charge in [-0.15, -0.1) is 0 Å². The van der Waals surface area contributed by atoms with Gasteiger partial charge in [-0.2, -0.15) is 0 Å². The Balaban J connectivity index is 1.69. The minimum absolute atomic E-state index is 0.0282. The Morgan fingerprint density at radius 2 is 1.61 bits per heavy atom. The average molecular weight is 619 g/mol. The normalized spacial score (nSPS) is 14.3. The highest BCUT2D eigenvalue weighted by molar-refractivity contribution is 7.92. The molecule has 0 aromatic heterocycles. The molecule has 0 aliphatic heterocycles. The molecule has 3 aromatic carbocycles. The zero-order valence-corrected chi connectivity index (χ0v) is 25.3. The molecule has 11 heteroatoms. The molecule has 1 fully saturated rings. The predicted octanol–water partition coefficient (Wildman–Crippen LogP) is 5.67. The maximum atomic E-state index is 14.0. The van der Waals surface area contributed by atoms with Crippen molar-refractivity contribution in [1.29, 1.82) is 0 Å². The smallest absolute Gasteiger partial charge is 0.264 e. The van der Waals surface area contributed by atoms with E-state index in [-0.39, 0.29) is 29.1 Å². The van der Waals surface area contributed by atoms with Crippen LogP contribution >= 0.6 is 23.2 Å². The summed E-state index contributed by atoms with van der Waals surface area (Å²) in [6.45, 7) is 1.15. The van der Waals surface area contributed by atoms with Gasteiger partial charge in [0.1, 0.15) is 18.3 Å². The minimum Gasteiger partial charge on any atom is -0.497 e. The Labute approximate surface area is 251 Å². The van der Waals surface area contributed by atoms with Gasteiger partial charge in [-0.3, -0.25) is 13.9 Å². The molecule has 0 unspecified atom stereocenters. The molecule has 1 aliphatic rings. The molecule has 3 aromatic rings. The number of rotatable bonds is 11. The van der Waals surface area contributed by atoms with E-state index in [1.54, 1.807) is 49.4 Å². The van der Waals surface area contributed by atoms with Crippen LogP contribution in [0.25, 0.3) is 0 Å². The predicted molar refractivity (Wildman–Crippen MR) is 161 cm³/mol. The number of nitrogens with zero attached hydrogens (tertiary/aromatic N) is 2. The van der Waals surface area contributed by atoms with Crippen molar-refractivity contribution in [1.82, 2.24) is 10.2 Å². The lowest BCUT2D eigenvalue weighted by molar-refractivity contribution is -0.139. The fourth-order valence-electron chi connectivity index (χ4n) is 4.84. The maximum absolute atomic E-state index is 14.0. The topological polar surface area (TPSA) is 96.0 Å². The molecule has 1 aliphatic carbocycles. The summed E-state index contributed by atoms with van der Waals surface area (Å²) in [6, 6.07) is 18.4. The molecule has 1 atom stereocenters. The number of sulfonamides is 1. The number of carbonyl (C=O) groups excluding carboxylic acids is 2. The van der Waals surface area contributed by atoms with Gasteiger partial charge in [0.25, 0.3) is 10.0 Å². The molecule has 0 radical (unpaired) electrons. The van der Waals surface area contributed by atoms with Crippen LogP contribution in [0, 0.1) is 0 Å². The van der Waals surface area contributed by atoms with Gasteiger partial charge in [0.15, 0.2) is 0 Å². The van der Waals surface area contributed by atoms with Crippen molar-refractivity contribution in [2.24, 2.45) is 0 Å². The van der Waals surface area contributed by atoms with Gasteiger partial charge in [0.05, 0.1) is 17.7 Å². The van der Waals surface area contributed by atoms with Crippen molar-refractivity contribution in [3.63, 3.8) is 0 Å². The number of amides is 2. The van der Waals surface area contributed by atoms with E-state index in [9.17, 15) is 18.0 Å². The van der Waals surface area contributed by atoms with E-state index in [1.165, 1.54) is 42.3 Å². The fourth-order valence-corrected chi connectivity index (χ4v) is 6.64. The van der Waals surface area contributed by atoms with E-state index in [2.05, 4.69) is 5.32 Å². The zero-order valence-electron chi connectivity index (χ0n) is 22.9. The number of carbonyl (C=O) groups is 2. The second-order valence-corrected chi connectivity index (χ2v) is 12.7. The Morgan fingerprint density at radius 1 is 0.976 bits per heavy atom. The van der Waals surface area contributed by atoms with Crippen molar-refractivity contribution >= 4 is 50.7 Å². The Kier molecular flexibility index (Phi) is 10.2. The summed E-state index contributed by atoms with van der Waals surface area (Å²) in [6.07, 6.45) is 3.87. The first kappa shape index (κ1) is 30.7. The van der Waals surface area contributed by atoms with Crippen molar-refractivity contribution in [3.05, 3.63) is 88.4 Å². The summed E-state index contributed by atoms with van der Waals surface area (Å²) in [5.41, 5.74) is 0.922. The highest BCUT2D eigenvalue weighted by atomic mass is 35.5. The number of nitrogens with one attached hydrogen (secondary N) is 1. The summed E-state index contributed by atoms with van der Waals surface area (Å²) in [5.74, 6) is -0.361. The van der Waals surface area contributed by atoms with Gasteiger partial charge in [-0.05, 0) is 79.9 Å². The van der Waals surface area contributed by atoms with Gasteiger partial charge >= 0.3 is 0 Å². The van der Waals surface area contributed by atoms with E-state index >= 15 is 0 Å². The lowest BCUT2D eigenvalue weighted by atomic mass is 10.1. The standard InChI is InChI=1S/C30H33Cl2N3O5S/c1-21(30(37)33-25-10-3-4-11-25)34(19-22-7-5-8-23(31)17-22)29(36)20-35(26-12-6-9-24(32)18-26)41(38,39)28-15-13-27(40-2)14-16-28/h5-9,12-18,21,25H,3-4,10-11,19-20H2,1-2H3,(H,33,37)/t21-/m1/s1. The Morgan fingerprint density at radius 3 is 2.22 bits per heavy atom. The monoisotopic (exact) mass is 617 g/mol. The van der Waals surface area contributed by atoms with Crippen LogP contribution in [-0.4, -0.2) is 50.9 Å². The van der Waals surface area contributed by atoms with Gasteiger partial charge in [-0.25, -0.2) is 8.42 Å². The lowest BCUT2D eigenvalue weighted by Crippen LogP contribution is -2.52. The first-order valence-corrected chi connectivity index (χ1v) is 15.5. The third-order valence-electron chi connectivity index (χ3n) is 7.13. The Bertz CT molecular complexity index is 1480. The first-order chi connectivity index (χ1) is 19.6. The van der Waals surface area contributed by atoms with Crippen molar-refractivity contribution in [2.75, 3.05) is 18.0 Å². The van der Waals surface area contributed by atoms with E-state index < -0.39 is 28.5 Å². The highest BCUT2D eigenvalue weighted by Crippen LogP contribution is 2.28. The first-order valence-electron chi connectivity index (χ1n) is 13.3. The van der Waals surface area contributed by atoms with E-state index in [1.807, 2.05) is 0 Å². The van der Waals surface area contributed by atoms with Crippen LogP contribution in [0.4, 0.5) is 5.69 Å². The number of halogens is 2. The van der Waals surface area contributed by atoms with Crippen LogP contribution in [-0.2, 0) is 26.2 Å². The molecule has 1 saturated carbocycles. The van der Waals surface area contributed by atoms with E-state index in [0.717, 1.165) is 30.0 Å². The van der Waals surface area contributed by atoms with Crippen LogP contribution in [0.2, 0.25) is 10.0 Å². The second kappa shape index (κ2) is 13.6. The summed E-state index contributed by atoms with van der Waals surface area (Å²) in [7, 11) is -2.73. The SMILES string of the molecule is COc1ccc(S(=O)(=O)N(CC(=O)N(Cc2cccc(Cl)c2)[C@H](C)C(=O)NC2CCCC2)c2cccc(Cl)c2)cc1. The fraction of sp³-hybridized carbons (Fsp3) is 0.333. The summed E-state index contributed by atoms with van der Waals surface area (Å²) in [5, 5.41) is 3.85. The van der Waals surface area contributed by atoms with Gasteiger partial charge in [0.2, 0.25) is 11.8 Å². The molecule has 8 nitrogen and oxygen atoms in total. The van der Waals surface area contributed by atoms with Crippen LogP contribution in [0.15, 0.2) is 77.7 Å². The van der Waals surface area contributed by atoms with Crippen LogP contribution in [0.1, 0.15) is 38.2 Å². The molecule has 0 heterocycles. The van der Waals surface area contributed by atoms with E-state index in [0.29, 0.717) is 21.4 Å². The molecule has 0 saturated heterocycles. The van der Waals surface area contributed by atoms with Crippen LogP contribution in [0.3, 0.4) is 0 Å². The zero-order chi connectivity index (χ0) is 29.6. The molecule has 0 bridgehead atoms. The quantitative estimate of drug-likeness (QED) is 0.299. The Hall–Kier alpha value is -3.27. The van der Waals surface area contributed by atoms with Crippen LogP contribution < -0.4 is 14.4 Å². The minimum atomic E-state index is -4.22. The third-order valence-corrected chi connectivity index (χ3v) is 9.39. The third kappa shape index (κ3) is 7.72. The largest absolute Gasteiger partial charge is 0.497 e. The number of anilines is 1. The van der Waals surface area contributed by atoms with E-state index in [4.69, 9.17) is 27.9 Å². The van der Waals surface area contributed by atoms with Crippen molar-refractivity contribution in [2.45, 2.75) is 56.1 Å². The lowest BCUT2D eigenvalue weighted by Gasteiger charge is -2.32. The van der Waals surface area contributed by atoms with Gasteiger partial charge in [-0.1, -0.05) is 54.2 Å². The summed E-state index contributed by atoms with van der Waals surface area (Å²) >= 11 is 12.4. The highest BCUT2D eigenvalue weighted by Gasteiger charge is 2.33. The molecule has 1 N–H and O–H groups in total.